The second-order valence-electron chi connectivity index (χ2n) is 11.9. The first-order valence-electron chi connectivity index (χ1n) is 13.3. The van der Waals surface area contributed by atoms with Gasteiger partial charge in [0.05, 0.1) is 13.5 Å². The zero-order valence-corrected chi connectivity index (χ0v) is 21.7. The molecule has 0 radical (unpaired) electrons. The third-order valence-corrected chi connectivity index (χ3v) is 10.3. The number of ether oxygens (including phenoxy) is 2. The normalized spacial score (nSPS) is 39.6. The summed E-state index contributed by atoms with van der Waals surface area (Å²) in [5.74, 6) is 1.96. The van der Waals surface area contributed by atoms with Crippen LogP contribution in [-0.2, 0) is 23.9 Å². The SMILES string of the molecule is COC(=O)CCNC(=O)[C@@H](C)[C@H]1CC[C@H]2[C@@H]3CC=C4C[C@@H](OC(C)=O)CC[C@]4(C)[C@H]3CC[C@]12C. The van der Waals surface area contributed by atoms with E-state index < -0.39 is 0 Å². The molecule has 1 amide bonds. The quantitative estimate of drug-likeness (QED) is 0.442. The van der Waals surface area contributed by atoms with E-state index in [-0.39, 0.29) is 47.1 Å². The molecule has 3 saturated carbocycles. The molecule has 8 atom stereocenters. The fourth-order valence-corrected chi connectivity index (χ4v) is 8.56. The number of allylic oxidation sites excluding steroid dienone is 1. The summed E-state index contributed by atoms with van der Waals surface area (Å²) in [6.45, 7) is 8.84. The Hall–Kier alpha value is -1.85. The van der Waals surface area contributed by atoms with Crippen LogP contribution in [0, 0.1) is 40.4 Å². The molecule has 0 aromatic rings. The van der Waals surface area contributed by atoms with E-state index in [0.717, 1.165) is 32.1 Å². The molecule has 0 unspecified atom stereocenters. The van der Waals surface area contributed by atoms with Gasteiger partial charge in [-0.05, 0) is 79.4 Å². The Morgan fingerprint density at radius 1 is 1.12 bits per heavy atom. The number of methoxy groups -OCH3 is 1. The molecule has 0 aromatic heterocycles. The standard InChI is InChI=1S/C28H43NO5/c1-17(26(32)29-15-12-25(31)33-5)22-8-9-23-21-7-6-19-16-20(34-18(2)30)10-13-27(19,3)24(21)11-14-28(22,23)4/h6,17,20-24H,7-16H2,1-5H3,(H,29,32)/t17-,20-,21-,22+,23-,24-,27-,28+/m0/s1. The summed E-state index contributed by atoms with van der Waals surface area (Å²) in [6.07, 6.45) is 11.5. The summed E-state index contributed by atoms with van der Waals surface area (Å²) in [5.41, 5.74) is 1.93. The van der Waals surface area contributed by atoms with E-state index in [1.54, 1.807) is 0 Å². The molecule has 0 bridgehead atoms. The van der Waals surface area contributed by atoms with E-state index >= 15 is 0 Å². The van der Waals surface area contributed by atoms with Gasteiger partial charge in [0.1, 0.15) is 6.10 Å². The fraction of sp³-hybridized carbons (Fsp3) is 0.821. The highest BCUT2D eigenvalue weighted by molar-refractivity contribution is 5.79. The summed E-state index contributed by atoms with van der Waals surface area (Å²) >= 11 is 0. The lowest BCUT2D eigenvalue weighted by Gasteiger charge is -2.58. The summed E-state index contributed by atoms with van der Waals surface area (Å²) in [4.78, 5) is 35.8. The van der Waals surface area contributed by atoms with Crippen LogP contribution in [0.15, 0.2) is 11.6 Å². The predicted molar refractivity (Wildman–Crippen MR) is 130 cm³/mol. The van der Waals surface area contributed by atoms with Crippen LogP contribution in [0.2, 0.25) is 0 Å². The van der Waals surface area contributed by atoms with Crippen molar-refractivity contribution < 1.29 is 23.9 Å². The maximum absolute atomic E-state index is 12.9. The van der Waals surface area contributed by atoms with Crippen molar-refractivity contribution in [2.24, 2.45) is 40.4 Å². The second-order valence-corrected chi connectivity index (χ2v) is 11.9. The van der Waals surface area contributed by atoms with Crippen LogP contribution >= 0.6 is 0 Å². The van der Waals surface area contributed by atoms with Crippen LogP contribution in [0.4, 0.5) is 0 Å². The molecule has 4 aliphatic carbocycles. The minimum absolute atomic E-state index is 0.0386. The Kier molecular flexibility index (Phi) is 7.17. The van der Waals surface area contributed by atoms with Gasteiger partial charge in [0.25, 0.3) is 0 Å². The molecule has 4 aliphatic rings. The molecule has 0 saturated heterocycles. The van der Waals surface area contributed by atoms with Crippen LogP contribution in [0.25, 0.3) is 0 Å². The number of carbonyl (C=O) groups excluding carboxylic acids is 3. The van der Waals surface area contributed by atoms with Crippen molar-refractivity contribution in [3.05, 3.63) is 11.6 Å². The van der Waals surface area contributed by atoms with Crippen LogP contribution in [0.1, 0.15) is 85.5 Å². The molecule has 3 fully saturated rings. The minimum atomic E-state index is -0.292. The average Bonchev–Trinajstić information content (AvgIpc) is 3.15. The Balaban J connectivity index is 1.44. The molecule has 190 valence electrons. The highest BCUT2D eigenvalue weighted by atomic mass is 16.5. The van der Waals surface area contributed by atoms with Crippen LogP contribution in [-0.4, -0.2) is 37.6 Å². The van der Waals surface area contributed by atoms with Gasteiger partial charge in [-0.1, -0.05) is 32.4 Å². The summed E-state index contributed by atoms with van der Waals surface area (Å²) in [6, 6.07) is 0. The summed E-state index contributed by atoms with van der Waals surface area (Å²) < 4.78 is 10.3. The molecule has 0 spiro atoms. The topological polar surface area (TPSA) is 81.7 Å². The van der Waals surface area contributed by atoms with Crippen molar-refractivity contribution >= 4 is 17.8 Å². The lowest BCUT2D eigenvalue weighted by atomic mass is 9.47. The zero-order chi connectivity index (χ0) is 24.7. The van der Waals surface area contributed by atoms with Crippen molar-refractivity contribution in [3.8, 4) is 0 Å². The first-order chi connectivity index (χ1) is 16.1. The van der Waals surface area contributed by atoms with Gasteiger partial charge in [-0.2, -0.15) is 0 Å². The highest BCUT2D eigenvalue weighted by Crippen LogP contribution is 2.67. The highest BCUT2D eigenvalue weighted by Gasteiger charge is 2.59. The van der Waals surface area contributed by atoms with Crippen molar-refractivity contribution in [3.63, 3.8) is 0 Å². The maximum atomic E-state index is 12.9. The van der Waals surface area contributed by atoms with Crippen LogP contribution in [0.3, 0.4) is 0 Å². The predicted octanol–water partition coefficient (Wildman–Crippen LogP) is 4.81. The number of amides is 1. The average molecular weight is 474 g/mol. The van der Waals surface area contributed by atoms with E-state index in [4.69, 9.17) is 4.74 Å². The van der Waals surface area contributed by atoms with E-state index in [1.807, 2.05) is 0 Å². The van der Waals surface area contributed by atoms with Gasteiger partial charge < -0.3 is 14.8 Å². The largest absolute Gasteiger partial charge is 0.469 e. The van der Waals surface area contributed by atoms with Gasteiger partial charge in [0, 0.05) is 25.8 Å². The lowest BCUT2D eigenvalue weighted by molar-refractivity contribution is -0.148. The molecule has 34 heavy (non-hydrogen) atoms. The van der Waals surface area contributed by atoms with Gasteiger partial charge in [0.15, 0.2) is 0 Å². The number of fused-ring (bicyclic) bond motifs is 5. The molecule has 4 rings (SSSR count). The fourth-order valence-electron chi connectivity index (χ4n) is 8.56. The number of hydrogen-bond acceptors (Lipinski definition) is 5. The van der Waals surface area contributed by atoms with E-state index in [1.165, 1.54) is 38.9 Å². The molecular weight excluding hydrogens is 430 g/mol. The molecule has 6 nitrogen and oxygen atoms in total. The van der Waals surface area contributed by atoms with Gasteiger partial charge in [-0.15, -0.1) is 0 Å². The third kappa shape index (κ3) is 4.42. The lowest BCUT2D eigenvalue weighted by Crippen LogP contribution is -2.51. The van der Waals surface area contributed by atoms with Crippen LogP contribution < -0.4 is 5.32 Å². The monoisotopic (exact) mass is 473 g/mol. The Labute approximate surface area is 204 Å². The van der Waals surface area contributed by atoms with Gasteiger partial charge in [-0.25, -0.2) is 0 Å². The number of nitrogens with one attached hydrogen (secondary N) is 1. The van der Waals surface area contributed by atoms with E-state index in [9.17, 15) is 14.4 Å². The molecule has 6 heteroatoms. The third-order valence-electron chi connectivity index (χ3n) is 10.3. The van der Waals surface area contributed by atoms with Crippen molar-refractivity contribution in [2.75, 3.05) is 13.7 Å². The summed E-state index contributed by atoms with van der Waals surface area (Å²) in [5, 5.41) is 2.97. The number of hydrogen-bond donors (Lipinski definition) is 1. The van der Waals surface area contributed by atoms with Crippen molar-refractivity contribution in [1.29, 1.82) is 0 Å². The second kappa shape index (κ2) is 9.66. The Morgan fingerprint density at radius 2 is 1.88 bits per heavy atom. The van der Waals surface area contributed by atoms with Crippen molar-refractivity contribution in [2.45, 2.75) is 91.6 Å². The maximum Gasteiger partial charge on any atom is 0.307 e. The molecule has 0 aliphatic heterocycles. The zero-order valence-electron chi connectivity index (χ0n) is 21.7. The minimum Gasteiger partial charge on any atom is -0.469 e. The number of rotatable bonds is 6. The smallest absolute Gasteiger partial charge is 0.307 e. The van der Waals surface area contributed by atoms with Crippen LogP contribution in [0.5, 0.6) is 0 Å². The molecule has 0 heterocycles. The Morgan fingerprint density at radius 3 is 2.59 bits per heavy atom. The summed E-state index contributed by atoms with van der Waals surface area (Å²) in [7, 11) is 1.37. The van der Waals surface area contributed by atoms with E-state index in [2.05, 4.69) is 36.9 Å². The van der Waals surface area contributed by atoms with Gasteiger partial charge in [0.2, 0.25) is 5.91 Å². The molecular formula is C28H43NO5. The van der Waals surface area contributed by atoms with Gasteiger partial charge in [-0.3, -0.25) is 14.4 Å². The number of carbonyl (C=O) groups is 3. The van der Waals surface area contributed by atoms with Gasteiger partial charge >= 0.3 is 11.9 Å². The van der Waals surface area contributed by atoms with Crippen molar-refractivity contribution in [1.82, 2.24) is 5.32 Å². The molecule has 1 N–H and O–H groups in total. The number of esters is 2. The molecule has 0 aromatic carbocycles. The first-order valence-corrected chi connectivity index (χ1v) is 13.3. The van der Waals surface area contributed by atoms with E-state index in [0.29, 0.717) is 30.2 Å². The first kappa shape index (κ1) is 25.2. The Bertz CT molecular complexity index is 852.